The predicted molar refractivity (Wildman–Crippen MR) is 82.6 cm³/mol. The first-order chi connectivity index (χ1) is 10.2. The number of nitrogens with one attached hydrogen (secondary N) is 2. The van der Waals surface area contributed by atoms with Crippen molar-refractivity contribution in [3.05, 3.63) is 59.3 Å². The highest BCUT2D eigenvalue weighted by Crippen LogP contribution is 2.34. The number of hydrogen-bond donors (Lipinski definition) is 3. The summed E-state index contributed by atoms with van der Waals surface area (Å²) in [6.45, 7) is 0. The Labute approximate surface area is 125 Å². The molecule has 0 fully saturated rings. The number of furan rings is 1. The van der Waals surface area contributed by atoms with E-state index >= 15 is 0 Å². The molecule has 0 saturated heterocycles. The zero-order chi connectivity index (χ0) is 14.8. The molecule has 3 rings (SSSR count). The van der Waals surface area contributed by atoms with Crippen LogP contribution in [0.3, 0.4) is 0 Å². The van der Waals surface area contributed by atoms with Gasteiger partial charge < -0.3 is 9.73 Å². The number of anilines is 2. The van der Waals surface area contributed by atoms with Crippen LogP contribution in [0.15, 0.2) is 52.9 Å². The van der Waals surface area contributed by atoms with Gasteiger partial charge in [-0.25, -0.2) is 5.84 Å². The van der Waals surface area contributed by atoms with E-state index in [0.717, 1.165) is 5.39 Å². The molecule has 1 amide bonds. The van der Waals surface area contributed by atoms with Crippen LogP contribution in [0, 0.1) is 0 Å². The van der Waals surface area contributed by atoms with Crippen molar-refractivity contribution in [3.63, 3.8) is 0 Å². The summed E-state index contributed by atoms with van der Waals surface area (Å²) in [5, 5.41) is 4.45. The monoisotopic (exact) mass is 301 g/mol. The average molecular weight is 302 g/mol. The lowest BCUT2D eigenvalue weighted by molar-refractivity contribution is 0.0929. The second kappa shape index (κ2) is 5.47. The molecule has 0 aliphatic carbocycles. The van der Waals surface area contributed by atoms with Gasteiger partial charge >= 0.3 is 5.91 Å². The molecule has 4 N–H and O–H groups in total. The number of carbonyl (C=O) groups is 1. The van der Waals surface area contributed by atoms with E-state index < -0.39 is 5.91 Å². The summed E-state index contributed by atoms with van der Waals surface area (Å²) >= 11 is 6.14. The minimum atomic E-state index is -0.513. The van der Waals surface area contributed by atoms with E-state index in [1.165, 1.54) is 0 Å². The third kappa shape index (κ3) is 2.44. The molecule has 1 aromatic heterocycles. The fraction of sp³-hybridized carbons (Fsp3) is 0. The van der Waals surface area contributed by atoms with Crippen LogP contribution in [0.5, 0.6) is 0 Å². The van der Waals surface area contributed by atoms with Gasteiger partial charge in [-0.2, -0.15) is 0 Å². The Morgan fingerprint density at radius 1 is 1.10 bits per heavy atom. The van der Waals surface area contributed by atoms with Gasteiger partial charge in [-0.1, -0.05) is 35.9 Å². The number of para-hydroxylation sites is 2. The molecule has 21 heavy (non-hydrogen) atoms. The van der Waals surface area contributed by atoms with Crippen LogP contribution in [0.25, 0.3) is 11.0 Å². The Balaban J connectivity index is 2.15. The molecule has 0 aliphatic heterocycles. The molecule has 5 nitrogen and oxygen atoms in total. The van der Waals surface area contributed by atoms with E-state index in [0.29, 0.717) is 22.0 Å². The zero-order valence-electron chi connectivity index (χ0n) is 10.9. The second-order valence-electron chi connectivity index (χ2n) is 4.38. The van der Waals surface area contributed by atoms with Crippen molar-refractivity contribution in [2.24, 2.45) is 5.84 Å². The molecule has 1 heterocycles. The van der Waals surface area contributed by atoms with E-state index in [2.05, 4.69) is 10.7 Å². The van der Waals surface area contributed by atoms with Crippen LogP contribution in [0.4, 0.5) is 11.4 Å². The Hall–Kier alpha value is -2.50. The van der Waals surface area contributed by atoms with Crippen molar-refractivity contribution in [2.45, 2.75) is 0 Å². The fourth-order valence-electron chi connectivity index (χ4n) is 2.09. The quantitative estimate of drug-likeness (QED) is 0.393. The van der Waals surface area contributed by atoms with Crippen LogP contribution in [0.1, 0.15) is 10.6 Å². The maximum absolute atomic E-state index is 11.9. The van der Waals surface area contributed by atoms with Gasteiger partial charge in [0.1, 0.15) is 5.58 Å². The Morgan fingerprint density at radius 2 is 1.81 bits per heavy atom. The van der Waals surface area contributed by atoms with Gasteiger partial charge in [0, 0.05) is 5.39 Å². The van der Waals surface area contributed by atoms with E-state index in [1.54, 1.807) is 12.1 Å². The summed E-state index contributed by atoms with van der Waals surface area (Å²) < 4.78 is 5.57. The van der Waals surface area contributed by atoms with Crippen LogP contribution < -0.4 is 16.6 Å². The summed E-state index contributed by atoms with van der Waals surface area (Å²) in [6.07, 6.45) is 0. The van der Waals surface area contributed by atoms with Crippen LogP contribution in [0.2, 0.25) is 5.02 Å². The third-order valence-corrected chi connectivity index (χ3v) is 3.40. The maximum Gasteiger partial charge on any atom is 0.303 e. The summed E-state index contributed by atoms with van der Waals surface area (Å²) in [7, 11) is 0. The molecule has 0 aliphatic rings. The van der Waals surface area contributed by atoms with Gasteiger partial charge in [0.05, 0.1) is 16.4 Å². The first kappa shape index (κ1) is 13.5. The van der Waals surface area contributed by atoms with E-state index in [1.807, 2.05) is 36.4 Å². The fourth-order valence-corrected chi connectivity index (χ4v) is 2.28. The number of rotatable bonds is 3. The standard InChI is InChI=1S/C15H12ClN3O2/c16-10-6-2-3-7-11(10)18-13-9-5-1-4-8-12(9)21-14(13)15(20)19-17/h1-8,18H,17H2,(H,19,20). The lowest BCUT2D eigenvalue weighted by Crippen LogP contribution is -2.30. The largest absolute Gasteiger partial charge is 0.449 e. The average Bonchev–Trinajstić information content (AvgIpc) is 2.88. The number of carbonyl (C=O) groups excluding carboxylic acids is 1. The van der Waals surface area contributed by atoms with E-state index in [4.69, 9.17) is 21.9 Å². The number of hydrazine groups is 1. The van der Waals surface area contributed by atoms with Crippen LogP contribution >= 0.6 is 11.6 Å². The van der Waals surface area contributed by atoms with Crippen molar-refractivity contribution < 1.29 is 9.21 Å². The van der Waals surface area contributed by atoms with E-state index in [9.17, 15) is 4.79 Å². The van der Waals surface area contributed by atoms with Gasteiger partial charge in [-0.15, -0.1) is 0 Å². The van der Waals surface area contributed by atoms with Crippen LogP contribution in [-0.4, -0.2) is 5.91 Å². The molecular weight excluding hydrogens is 290 g/mol. The SMILES string of the molecule is NNC(=O)c1oc2ccccc2c1Nc1ccccc1Cl. The molecule has 0 unspecified atom stereocenters. The first-order valence-corrected chi connectivity index (χ1v) is 6.62. The Kier molecular flexibility index (Phi) is 3.51. The van der Waals surface area contributed by atoms with Crippen molar-refractivity contribution in [1.82, 2.24) is 5.43 Å². The maximum atomic E-state index is 11.9. The molecule has 2 aromatic carbocycles. The third-order valence-electron chi connectivity index (χ3n) is 3.07. The molecule has 6 heteroatoms. The summed E-state index contributed by atoms with van der Waals surface area (Å²) in [6, 6.07) is 14.6. The molecule has 0 atom stereocenters. The predicted octanol–water partition coefficient (Wildman–Crippen LogP) is 3.43. The number of nitrogen functional groups attached to an aromatic ring is 1. The van der Waals surface area contributed by atoms with Crippen molar-refractivity contribution in [3.8, 4) is 0 Å². The summed E-state index contributed by atoms with van der Waals surface area (Å²) in [5.74, 6) is 4.80. The van der Waals surface area contributed by atoms with E-state index in [-0.39, 0.29) is 5.76 Å². The lowest BCUT2D eigenvalue weighted by Gasteiger charge is -2.08. The molecule has 0 bridgehead atoms. The van der Waals surface area contributed by atoms with Crippen LogP contribution in [-0.2, 0) is 0 Å². The lowest BCUT2D eigenvalue weighted by atomic mass is 10.2. The number of hydrogen-bond acceptors (Lipinski definition) is 4. The highest BCUT2D eigenvalue weighted by Gasteiger charge is 2.20. The molecule has 0 spiro atoms. The van der Waals surface area contributed by atoms with Crippen molar-refractivity contribution in [2.75, 3.05) is 5.32 Å². The normalized spacial score (nSPS) is 10.6. The summed E-state index contributed by atoms with van der Waals surface area (Å²) in [5.41, 5.74) is 3.87. The number of halogens is 1. The highest BCUT2D eigenvalue weighted by atomic mass is 35.5. The summed E-state index contributed by atoms with van der Waals surface area (Å²) in [4.78, 5) is 11.9. The first-order valence-electron chi connectivity index (χ1n) is 6.24. The minimum absolute atomic E-state index is 0.110. The zero-order valence-corrected chi connectivity index (χ0v) is 11.6. The molecule has 0 saturated carbocycles. The smallest absolute Gasteiger partial charge is 0.303 e. The topological polar surface area (TPSA) is 80.3 Å². The Morgan fingerprint density at radius 3 is 2.57 bits per heavy atom. The molecule has 3 aromatic rings. The molecule has 106 valence electrons. The van der Waals surface area contributed by atoms with Gasteiger partial charge in [-0.3, -0.25) is 10.2 Å². The highest BCUT2D eigenvalue weighted by molar-refractivity contribution is 6.33. The number of amides is 1. The van der Waals surface area contributed by atoms with Gasteiger partial charge in [0.15, 0.2) is 0 Å². The van der Waals surface area contributed by atoms with Gasteiger partial charge in [0.2, 0.25) is 5.76 Å². The van der Waals surface area contributed by atoms with Crippen molar-refractivity contribution in [1.29, 1.82) is 0 Å². The van der Waals surface area contributed by atoms with Crippen molar-refractivity contribution >= 4 is 39.9 Å². The minimum Gasteiger partial charge on any atom is -0.449 e. The van der Waals surface area contributed by atoms with Gasteiger partial charge in [0.25, 0.3) is 0 Å². The second-order valence-corrected chi connectivity index (χ2v) is 4.79. The van der Waals surface area contributed by atoms with Gasteiger partial charge in [-0.05, 0) is 24.3 Å². The number of benzene rings is 2. The molecular formula is C15H12ClN3O2. The number of nitrogens with two attached hydrogens (primary N) is 1. The Bertz CT molecular complexity index is 814. The molecule has 0 radical (unpaired) electrons. The number of fused-ring (bicyclic) bond motifs is 1.